The molecule has 2 N–H and O–H groups in total. The number of fused-ring (bicyclic) bond motifs is 1. The van der Waals surface area contributed by atoms with Gasteiger partial charge in [0, 0.05) is 23.7 Å². The first-order valence-electron chi connectivity index (χ1n) is 6.14. The maximum Gasteiger partial charge on any atom is 0.141 e. The monoisotopic (exact) mass is 238 g/mol. The molecule has 2 heterocycles. The van der Waals surface area contributed by atoms with Crippen molar-refractivity contribution in [2.75, 3.05) is 18.4 Å². The van der Waals surface area contributed by atoms with Gasteiger partial charge in [-0.1, -0.05) is 6.07 Å². The van der Waals surface area contributed by atoms with Crippen molar-refractivity contribution < 1.29 is 0 Å². The summed E-state index contributed by atoms with van der Waals surface area (Å²) >= 11 is 0. The molecule has 18 heavy (non-hydrogen) atoms. The summed E-state index contributed by atoms with van der Waals surface area (Å²) in [5.41, 5.74) is 2.42. The molecule has 0 spiro atoms. The third-order valence-electron chi connectivity index (χ3n) is 3.27. The number of nitrogens with zero attached hydrogens (tertiary/aromatic N) is 2. The number of pyridine rings is 1. The Balaban J connectivity index is 1.99. The molecule has 1 saturated heterocycles. The lowest BCUT2D eigenvalue weighted by Gasteiger charge is -2.14. The van der Waals surface area contributed by atoms with Gasteiger partial charge in [-0.15, -0.1) is 0 Å². The van der Waals surface area contributed by atoms with E-state index in [0.717, 1.165) is 36.1 Å². The quantitative estimate of drug-likeness (QED) is 0.838. The van der Waals surface area contributed by atoms with Crippen molar-refractivity contribution in [3.8, 4) is 6.07 Å². The number of hydrogen-bond donors (Lipinski definition) is 2. The molecule has 1 aliphatic heterocycles. The Morgan fingerprint density at radius 1 is 1.33 bits per heavy atom. The van der Waals surface area contributed by atoms with Gasteiger partial charge < -0.3 is 10.6 Å². The van der Waals surface area contributed by atoms with E-state index in [-0.39, 0.29) is 0 Å². The first-order chi connectivity index (χ1) is 8.86. The van der Waals surface area contributed by atoms with Gasteiger partial charge in [-0.05, 0) is 37.2 Å². The molecule has 4 nitrogen and oxygen atoms in total. The van der Waals surface area contributed by atoms with Crippen LogP contribution in [-0.2, 0) is 0 Å². The van der Waals surface area contributed by atoms with E-state index in [1.165, 1.54) is 0 Å². The fourth-order valence-corrected chi connectivity index (χ4v) is 2.34. The van der Waals surface area contributed by atoms with Crippen LogP contribution in [-0.4, -0.2) is 24.1 Å². The van der Waals surface area contributed by atoms with E-state index in [2.05, 4.69) is 27.8 Å². The Morgan fingerprint density at radius 2 is 2.28 bits per heavy atom. The molecular formula is C14H14N4. The van der Waals surface area contributed by atoms with E-state index in [1.807, 2.05) is 18.2 Å². The Kier molecular flexibility index (Phi) is 2.83. The van der Waals surface area contributed by atoms with Gasteiger partial charge in [0.2, 0.25) is 0 Å². The Bertz CT molecular complexity index is 609. The van der Waals surface area contributed by atoms with Gasteiger partial charge in [0.05, 0.1) is 5.52 Å². The molecule has 1 aromatic heterocycles. The molecule has 4 heteroatoms. The van der Waals surface area contributed by atoms with Crippen molar-refractivity contribution in [1.29, 1.82) is 5.26 Å². The Labute approximate surface area is 106 Å². The summed E-state index contributed by atoms with van der Waals surface area (Å²) in [6.07, 6.45) is 1.14. The van der Waals surface area contributed by atoms with Gasteiger partial charge in [0.1, 0.15) is 11.8 Å². The summed E-state index contributed by atoms with van der Waals surface area (Å²) in [5, 5.41) is 16.8. The molecule has 0 saturated carbocycles. The summed E-state index contributed by atoms with van der Waals surface area (Å²) in [6.45, 7) is 2.07. The Morgan fingerprint density at radius 3 is 3.06 bits per heavy atom. The highest BCUT2D eigenvalue weighted by Gasteiger charge is 2.14. The number of rotatable bonds is 2. The second-order valence-corrected chi connectivity index (χ2v) is 4.51. The second-order valence-electron chi connectivity index (χ2n) is 4.51. The van der Waals surface area contributed by atoms with Crippen LogP contribution < -0.4 is 10.6 Å². The van der Waals surface area contributed by atoms with E-state index < -0.39 is 0 Å². The number of nitriles is 1. The maximum atomic E-state index is 8.86. The van der Waals surface area contributed by atoms with Crippen molar-refractivity contribution in [3.63, 3.8) is 0 Å². The summed E-state index contributed by atoms with van der Waals surface area (Å²) in [7, 11) is 0. The van der Waals surface area contributed by atoms with Crippen molar-refractivity contribution >= 4 is 16.6 Å². The highest BCUT2D eigenvalue weighted by molar-refractivity contribution is 5.91. The van der Waals surface area contributed by atoms with Crippen LogP contribution in [0.5, 0.6) is 0 Å². The topological polar surface area (TPSA) is 60.7 Å². The molecule has 0 aliphatic carbocycles. The zero-order valence-electron chi connectivity index (χ0n) is 9.98. The highest BCUT2D eigenvalue weighted by atomic mass is 15.0. The van der Waals surface area contributed by atoms with Gasteiger partial charge >= 0.3 is 0 Å². The number of benzene rings is 1. The molecule has 1 aliphatic rings. The van der Waals surface area contributed by atoms with E-state index in [9.17, 15) is 0 Å². The summed E-state index contributed by atoms with van der Waals surface area (Å²) < 4.78 is 0. The van der Waals surface area contributed by atoms with Crippen LogP contribution in [0.4, 0.5) is 5.69 Å². The van der Waals surface area contributed by atoms with Crippen molar-refractivity contribution in [3.05, 3.63) is 36.0 Å². The van der Waals surface area contributed by atoms with Crippen LogP contribution in [0.25, 0.3) is 10.9 Å². The van der Waals surface area contributed by atoms with Gasteiger partial charge in [-0.3, -0.25) is 0 Å². The zero-order chi connectivity index (χ0) is 12.4. The van der Waals surface area contributed by atoms with Crippen molar-refractivity contribution in [1.82, 2.24) is 10.3 Å². The third kappa shape index (κ3) is 2.01. The lowest BCUT2D eigenvalue weighted by atomic mass is 10.1. The van der Waals surface area contributed by atoms with Crippen LogP contribution >= 0.6 is 0 Å². The molecule has 1 atom stereocenters. The predicted octanol–water partition coefficient (Wildman–Crippen LogP) is 1.88. The maximum absolute atomic E-state index is 8.86. The third-order valence-corrected chi connectivity index (χ3v) is 3.27. The van der Waals surface area contributed by atoms with Crippen LogP contribution in [0.3, 0.4) is 0 Å². The minimum Gasteiger partial charge on any atom is -0.380 e. The number of aromatic nitrogens is 1. The molecule has 1 unspecified atom stereocenters. The SMILES string of the molecule is N#Cc1ccc2c(NC3CCNC3)cccc2n1. The number of nitrogens with one attached hydrogen (secondary N) is 2. The van der Waals surface area contributed by atoms with E-state index in [4.69, 9.17) is 5.26 Å². The zero-order valence-corrected chi connectivity index (χ0v) is 9.98. The fraction of sp³-hybridized carbons (Fsp3) is 0.286. The molecule has 0 amide bonds. The first-order valence-corrected chi connectivity index (χ1v) is 6.14. The Hall–Kier alpha value is -2.12. The fourth-order valence-electron chi connectivity index (χ4n) is 2.34. The standard InChI is InChI=1S/C14H14N4/c15-8-10-4-5-12-13(17-10)2-1-3-14(12)18-11-6-7-16-9-11/h1-5,11,16,18H,6-7,9H2. The molecule has 90 valence electrons. The smallest absolute Gasteiger partial charge is 0.141 e. The average molecular weight is 238 g/mol. The van der Waals surface area contributed by atoms with Crippen LogP contribution in [0.1, 0.15) is 12.1 Å². The van der Waals surface area contributed by atoms with Crippen molar-refractivity contribution in [2.45, 2.75) is 12.5 Å². The van der Waals surface area contributed by atoms with Crippen molar-refractivity contribution in [2.24, 2.45) is 0 Å². The largest absolute Gasteiger partial charge is 0.380 e. The first kappa shape index (κ1) is 11.0. The summed E-state index contributed by atoms with van der Waals surface area (Å²) in [5.74, 6) is 0. The highest BCUT2D eigenvalue weighted by Crippen LogP contribution is 2.23. The van der Waals surface area contributed by atoms with Gasteiger partial charge in [-0.25, -0.2) is 4.98 Å². The minimum atomic E-state index is 0.460. The van der Waals surface area contributed by atoms with Gasteiger partial charge in [-0.2, -0.15) is 5.26 Å². The molecular weight excluding hydrogens is 224 g/mol. The number of anilines is 1. The summed E-state index contributed by atoms with van der Waals surface area (Å²) in [6, 6.07) is 12.3. The van der Waals surface area contributed by atoms with E-state index >= 15 is 0 Å². The van der Waals surface area contributed by atoms with Gasteiger partial charge in [0.25, 0.3) is 0 Å². The predicted molar refractivity (Wildman–Crippen MR) is 71.4 cm³/mol. The molecule has 0 radical (unpaired) electrons. The van der Waals surface area contributed by atoms with Crippen LogP contribution in [0, 0.1) is 11.3 Å². The lowest BCUT2D eigenvalue weighted by Crippen LogP contribution is -2.22. The normalized spacial score (nSPS) is 18.7. The number of hydrogen-bond acceptors (Lipinski definition) is 4. The molecule has 1 aromatic carbocycles. The molecule has 2 aromatic rings. The van der Waals surface area contributed by atoms with E-state index in [1.54, 1.807) is 6.07 Å². The molecule has 1 fully saturated rings. The second kappa shape index (κ2) is 4.63. The lowest BCUT2D eigenvalue weighted by molar-refractivity contribution is 0.794. The van der Waals surface area contributed by atoms with Gasteiger partial charge in [0.15, 0.2) is 0 Å². The van der Waals surface area contributed by atoms with E-state index in [0.29, 0.717) is 11.7 Å². The van der Waals surface area contributed by atoms with Crippen LogP contribution in [0.15, 0.2) is 30.3 Å². The minimum absolute atomic E-state index is 0.460. The molecule has 3 rings (SSSR count). The van der Waals surface area contributed by atoms with Crippen LogP contribution in [0.2, 0.25) is 0 Å². The summed E-state index contributed by atoms with van der Waals surface area (Å²) in [4.78, 5) is 4.31. The molecule has 0 bridgehead atoms. The average Bonchev–Trinajstić information content (AvgIpc) is 2.91.